The third-order valence-electron chi connectivity index (χ3n) is 5.40. The average Bonchev–Trinajstić information content (AvgIpc) is 2.97. The maximum atomic E-state index is 6.18. The molecule has 1 saturated heterocycles. The van der Waals surface area contributed by atoms with E-state index in [-0.39, 0.29) is 18.3 Å². The van der Waals surface area contributed by atoms with Crippen LogP contribution >= 0.6 is 0 Å². The Balaban J connectivity index is 1.78. The zero-order chi connectivity index (χ0) is 14.9. The molecule has 0 N–H and O–H groups in total. The summed E-state index contributed by atoms with van der Waals surface area (Å²) in [6.45, 7) is 12.7. The Morgan fingerprint density at radius 2 is 1.70 bits per heavy atom. The molecule has 20 heavy (non-hydrogen) atoms. The van der Waals surface area contributed by atoms with Gasteiger partial charge in [0.15, 0.2) is 0 Å². The topological polar surface area (TPSA) is 36.3 Å². The van der Waals surface area contributed by atoms with Crippen molar-refractivity contribution in [2.75, 3.05) is 0 Å². The summed E-state index contributed by atoms with van der Waals surface area (Å²) in [6, 6.07) is 0. The van der Waals surface area contributed by atoms with Gasteiger partial charge in [-0.15, -0.1) is 0 Å². The molecule has 1 aromatic heterocycles. The molecule has 2 atom stereocenters. The molecule has 0 spiro atoms. The molecule has 0 radical (unpaired) electrons. The zero-order valence-electron chi connectivity index (χ0n) is 13.7. The van der Waals surface area contributed by atoms with Crippen molar-refractivity contribution >= 4 is 7.12 Å². The monoisotopic (exact) mass is 276 g/mol. The lowest BCUT2D eigenvalue weighted by atomic mass is 9.79. The van der Waals surface area contributed by atoms with Crippen LogP contribution in [0.25, 0.3) is 0 Å². The summed E-state index contributed by atoms with van der Waals surface area (Å²) < 4.78 is 14.3. The summed E-state index contributed by atoms with van der Waals surface area (Å²) in [5.74, 6) is 1.01. The van der Waals surface area contributed by atoms with Crippen molar-refractivity contribution in [3.05, 3.63) is 17.0 Å². The molecule has 1 aliphatic heterocycles. The van der Waals surface area contributed by atoms with E-state index in [0.717, 1.165) is 12.1 Å². The van der Waals surface area contributed by atoms with E-state index in [1.165, 1.54) is 11.3 Å². The van der Waals surface area contributed by atoms with E-state index >= 15 is 0 Å². The Hall–Kier alpha value is -0.805. The van der Waals surface area contributed by atoms with Crippen molar-refractivity contribution in [2.45, 2.75) is 70.9 Å². The molecule has 1 aromatic rings. The van der Waals surface area contributed by atoms with Crippen molar-refractivity contribution in [1.82, 2.24) is 9.78 Å². The van der Waals surface area contributed by atoms with Crippen LogP contribution in [0, 0.1) is 13.8 Å². The normalized spacial score (nSPS) is 30.9. The van der Waals surface area contributed by atoms with Crippen LogP contribution < -0.4 is 0 Å². The summed E-state index contributed by atoms with van der Waals surface area (Å²) in [4.78, 5) is 0. The van der Waals surface area contributed by atoms with E-state index in [4.69, 9.17) is 9.31 Å². The van der Waals surface area contributed by atoms with Gasteiger partial charge in [-0.2, -0.15) is 5.10 Å². The van der Waals surface area contributed by atoms with Crippen molar-refractivity contribution in [1.29, 1.82) is 0 Å². The van der Waals surface area contributed by atoms with Gasteiger partial charge in [0.25, 0.3) is 0 Å². The first kappa shape index (κ1) is 14.1. The third kappa shape index (κ3) is 1.94. The summed E-state index contributed by atoms with van der Waals surface area (Å²) in [5, 5.41) is 4.53. The quantitative estimate of drug-likeness (QED) is 0.779. The molecule has 0 aromatic carbocycles. The highest BCUT2D eigenvalue weighted by atomic mass is 16.7. The van der Waals surface area contributed by atoms with Crippen LogP contribution in [0.4, 0.5) is 0 Å². The van der Waals surface area contributed by atoms with Gasteiger partial charge in [-0.05, 0) is 59.4 Å². The van der Waals surface area contributed by atoms with Crippen LogP contribution in [0.3, 0.4) is 0 Å². The minimum atomic E-state index is -0.232. The summed E-state index contributed by atoms with van der Waals surface area (Å²) in [6.07, 6.45) is 1.14. The van der Waals surface area contributed by atoms with Crippen molar-refractivity contribution in [2.24, 2.45) is 7.05 Å². The zero-order valence-corrected chi connectivity index (χ0v) is 13.7. The van der Waals surface area contributed by atoms with Crippen molar-refractivity contribution in [3.63, 3.8) is 0 Å². The second-order valence-corrected chi connectivity index (χ2v) is 7.34. The predicted molar refractivity (Wildman–Crippen MR) is 79.9 cm³/mol. The van der Waals surface area contributed by atoms with Gasteiger partial charge < -0.3 is 9.31 Å². The molecule has 0 unspecified atom stereocenters. The molecule has 3 rings (SSSR count). The van der Waals surface area contributed by atoms with Gasteiger partial charge in [0.2, 0.25) is 0 Å². The fourth-order valence-corrected chi connectivity index (χ4v) is 3.24. The van der Waals surface area contributed by atoms with Gasteiger partial charge in [0.1, 0.15) is 0 Å². The van der Waals surface area contributed by atoms with Gasteiger partial charge in [0, 0.05) is 18.6 Å². The lowest BCUT2D eigenvalue weighted by Gasteiger charge is -2.32. The minimum absolute atomic E-state index is 0.0796. The van der Waals surface area contributed by atoms with Gasteiger partial charge >= 0.3 is 7.12 Å². The van der Waals surface area contributed by atoms with Crippen LogP contribution in [-0.4, -0.2) is 28.1 Å². The van der Waals surface area contributed by atoms with Crippen molar-refractivity contribution in [3.8, 4) is 0 Å². The smallest absolute Gasteiger partial charge is 0.403 e. The molecule has 2 aliphatic rings. The van der Waals surface area contributed by atoms with E-state index in [2.05, 4.69) is 46.6 Å². The number of hydrogen-bond donors (Lipinski definition) is 0. The molecular weight excluding hydrogens is 251 g/mol. The highest BCUT2D eigenvalue weighted by molar-refractivity contribution is 6.49. The number of nitrogens with zero attached hydrogens (tertiary/aromatic N) is 2. The predicted octanol–water partition coefficient (Wildman–Crippen LogP) is 2.99. The highest BCUT2D eigenvalue weighted by Crippen LogP contribution is 2.59. The number of aryl methyl sites for hydroxylation is 2. The Morgan fingerprint density at radius 3 is 2.15 bits per heavy atom. The standard InChI is InChI=1S/C15H25BN2O2/c1-9-13(10(2)18(7)17-9)11-8-12(11)16-19-14(3,4)15(5,6)20-16/h11-12H,8H2,1-7H3/t11-,12-/m1/s1. The van der Waals surface area contributed by atoms with E-state index < -0.39 is 0 Å². The Labute approximate surface area is 122 Å². The summed E-state index contributed by atoms with van der Waals surface area (Å²) in [7, 11) is 1.93. The van der Waals surface area contributed by atoms with E-state index in [9.17, 15) is 0 Å². The molecule has 5 heteroatoms. The first-order valence-electron chi connectivity index (χ1n) is 7.50. The van der Waals surface area contributed by atoms with E-state index in [1.807, 2.05) is 11.7 Å². The van der Waals surface area contributed by atoms with Crippen LogP contribution in [0.15, 0.2) is 0 Å². The first-order valence-corrected chi connectivity index (χ1v) is 7.50. The van der Waals surface area contributed by atoms with E-state index in [1.54, 1.807) is 0 Å². The largest absolute Gasteiger partial charge is 0.461 e. The Morgan fingerprint density at radius 1 is 1.15 bits per heavy atom. The Kier molecular flexibility index (Phi) is 2.90. The molecule has 2 fully saturated rings. The van der Waals surface area contributed by atoms with E-state index in [0.29, 0.717) is 11.7 Å². The molecule has 110 valence electrons. The van der Waals surface area contributed by atoms with Crippen LogP contribution in [0.2, 0.25) is 5.82 Å². The van der Waals surface area contributed by atoms with Gasteiger partial charge in [-0.1, -0.05) is 0 Å². The molecule has 0 amide bonds. The lowest BCUT2D eigenvalue weighted by Crippen LogP contribution is -2.41. The minimum Gasteiger partial charge on any atom is -0.403 e. The number of hydrogen-bond acceptors (Lipinski definition) is 3. The molecule has 4 nitrogen and oxygen atoms in total. The lowest BCUT2D eigenvalue weighted by molar-refractivity contribution is 0.00578. The van der Waals surface area contributed by atoms with Gasteiger partial charge in [-0.25, -0.2) is 0 Å². The van der Waals surface area contributed by atoms with Crippen LogP contribution in [-0.2, 0) is 16.4 Å². The second-order valence-electron chi connectivity index (χ2n) is 7.34. The highest BCUT2D eigenvalue weighted by Gasteiger charge is 2.60. The number of rotatable bonds is 2. The fraction of sp³-hybridized carbons (Fsp3) is 0.800. The molecule has 0 bridgehead atoms. The number of aromatic nitrogens is 2. The van der Waals surface area contributed by atoms with Crippen LogP contribution in [0.5, 0.6) is 0 Å². The summed E-state index contributed by atoms with van der Waals surface area (Å²) in [5.41, 5.74) is 3.35. The average molecular weight is 276 g/mol. The van der Waals surface area contributed by atoms with Crippen LogP contribution in [0.1, 0.15) is 57.0 Å². The Bertz CT molecular complexity index is 534. The first-order chi connectivity index (χ1) is 9.14. The molecule has 2 heterocycles. The van der Waals surface area contributed by atoms with Gasteiger partial charge in [-0.3, -0.25) is 4.68 Å². The van der Waals surface area contributed by atoms with Crippen molar-refractivity contribution < 1.29 is 9.31 Å². The fourth-order valence-electron chi connectivity index (χ4n) is 3.24. The maximum Gasteiger partial charge on any atom is 0.461 e. The summed E-state index contributed by atoms with van der Waals surface area (Å²) >= 11 is 0. The third-order valence-corrected chi connectivity index (χ3v) is 5.40. The maximum absolute atomic E-state index is 6.18. The molecular formula is C15H25BN2O2. The van der Waals surface area contributed by atoms with Gasteiger partial charge in [0.05, 0.1) is 16.9 Å². The molecule has 1 aliphatic carbocycles. The SMILES string of the molecule is Cc1nn(C)c(C)c1[C@@H]1C[C@H]1B1OC(C)(C)C(C)(C)O1. The second kappa shape index (κ2) is 4.11. The molecule has 1 saturated carbocycles.